The van der Waals surface area contributed by atoms with Crippen molar-refractivity contribution < 1.29 is 14.6 Å². The monoisotopic (exact) mass is 302 g/mol. The van der Waals surface area contributed by atoms with Crippen LogP contribution in [-0.2, 0) is 13.0 Å². The first-order valence-electron chi connectivity index (χ1n) is 6.80. The molecule has 0 saturated heterocycles. The standard InChI is InChI=1S/C17H18O3S/c1-3-13-15(9-8-14(11(2)18)17(13)19)20-10-12-6-4-5-7-16(12)21/h4-9,19,21H,3,10H2,1-2H3. The van der Waals surface area contributed by atoms with E-state index in [-0.39, 0.29) is 11.5 Å². The molecular weight excluding hydrogens is 284 g/mol. The maximum atomic E-state index is 11.5. The van der Waals surface area contributed by atoms with Crippen LogP contribution in [0.5, 0.6) is 11.5 Å². The van der Waals surface area contributed by atoms with Gasteiger partial charge in [-0.2, -0.15) is 0 Å². The van der Waals surface area contributed by atoms with Gasteiger partial charge in [0.1, 0.15) is 18.1 Å². The Kier molecular flexibility index (Phi) is 4.91. The number of phenolic OH excluding ortho intramolecular Hbond substituents is 1. The minimum atomic E-state index is -0.158. The molecular formula is C17H18O3S. The molecule has 0 atom stereocenters. The molecule has 0 fully saturated rings. The molecule has 0 radical (unpaired) electrons. The average molecular weight is 302 g/mol. The summed E-state index contributed by atoms with van der Waals surface area (Å²) in [5, 5.41) is 10.2. The molecule has 0 spiro atoms. The van der Waals surface area contributed by atoms with Gasteiger partial charge in [-0.25, -0.2) is 0 Å². The summed E-state index contributed by atoms with van der Waals surface area (Å²) in [6, 6.07) is 11.0. The van der Waals surface area contributed by atoms with Crippen molar-refractivity contribution in [1.82, 2.24) is 0 Å². The maximum absolute atomic E-state index is 11.5. The van der Waals surface area contributed by atoms with Crippen molar-refractivity contribution in [3.63, 3.8) is 0 Å². The Morgan fingerprint density at radius 2 is 1.95 bits per heavy atom. The highest BCUT2D eigenvalue weighted by molar-refractivity contribution is 7.80. The molecule has 0 bridgehead atoms. The van der Waals surface area contributed by atoms with Gasteiger partial charge in [-0.1, -0.05) is 25.1 Å². The zero-order chi connectivity index (χ0) is 15.4. The van der Waals surface area contributed by atoms with E-state index in [1.165, 1.54) is 6.92 Å². The van der Waals surface area contributed by atoms with E-state index in [9.17, 15) is 9.90 Å². The van der Waals surface area contributed by atoms with Crippen LogP contribution in [0.3, 0.4) is 0 Å². The lowest BCUT2D eigenvalue weighted by molar-refractivity contribution is 0.101. The summed E-state index contributed by atoms with van der Waals surface area (Å²) >= 11 is 4.38. The van der Waals surface area contributed by atoms with Crippen molar-refractivity contribution in [2.45, 2.75) is 31.8 Å². The summed E-state index contributed by atoms with van der Waals surface area (Å²) in [4.78, 5) is 12.3. The first-order chi connectivity index (χ1) is 10.0. The summed E-state index contributed by atoms with van der Waals surface area (Å²) in [6.45, 7) is 3.72. The van der Waals surface area contributed by atoms with Gasteiger partial charge in [0, 0.05) is 16.0 Å². The van der Waals surface area contributed by atoms with Crippen LogP contribution in [0.2, 0.25) is 0 Å². The smallest absolute Gasteiger partial charge is 0.163 e. The van der Waals surface area contributed by atoms with Gasteiger partial charge in [-0.15, -0.1) is 12.6 Å². The van der Waals surface area contributed by atoms with Gasteiger partial charge < -0.3 is 9.84 Å². The number of benzene rings is 2. The number of hydrogen-bond acceptors (Lipinski definition) is 4. The fourth-order valence-electron chi connectivity index (χ4n) is 2.17. The van der Waals surface area contributed by atoms with E-state index in [0.717, 1.165) is 10.5 Å². The molecule has 4 heteroatoms. The summed E-state index contributed by atoms with van der Waals surface area (Å²) in [5.41, 5.74) is 1.95. The molecule has 0 aliphatic rings. The van der Waals surface area contributed by atoms with Crippen molar-refractivity contribution in [2.75, 3.05) is 0 Å². The Bertz CT molecular complexity index is 665. The highest BCUT2D eigenvalue weighted by atomic mass is 32.1. The number of aromatic hydroxyl groups is 1. The molecule has 2 aromatic rings. The van der Waals surface area contributed by atoms with E-state index in [0.29, 0.717) is 29.9 Å². The minimum Gasteiger partial charge on any atom is -0.507 e. The van der Waals surface area contributed by atoms with Crippen LogP contribution in [0.1, 0.15) is 35.3 Å². The van der Waals surface area contributed by atoms with Gasteiger partial charge in [0.2, 0.25) is 0 Å². The third-order valence-corrected chi connectivity index (χ3v) is 3.78. The number of hydrogen-bond donors (Lipinski definition) is 2. The molecule has 0 unspecified atom stereocenters. The lowest BCUT2D eigenvalue weighted by atomic mass is 10.0. The highest BCUT2D eigenvalue weighted by Crippen LogP contribution is 2.32. The molecule has 0 amide bonds. The second kappa shape index (κ2) is 6.68. The van der Waals surface area contributed by atoms with Crippen LogP contribution < -0.4 is 4.74 Å². The van der Waals surface area contributed by atoms with Gasteiger partial charge in [0.25, 0.3) is 0 Å². The Hall–Kier alpha value is -1.94. The third kappa shape index (κ3) is 3.39. The molecule has 0 aliphatic heterocycles. The van der Waals surface area contributed by atoms with E-state index in [2.05, 4.69) is 12.6 Å². The largest absolute Gasteiger partial charge is 0.507 e. The van der Waals surface area contributed by atoms with Crippen molar-refractivity contribution in [2.24, 2.45) is 0 Å². The number of Topliss-reactive ketones (excluding diaryl/α,β-unsaturated/α-hetero) is 1. The fraction of sp³-hybridized carbons (Fsp3) is 0.235. The Balaban J connectivity index is 2.27. The molecule has 0 aromatic heterocycles. The lowest BCUT2D eigenvalue weighted by Crippen LogP contribution is -2.02. The lowest BCUT2D eigenvalue weighted by Gasteiger charge is -2.14. The predicted octanol–water partition coefficient (Wildman–Crippen LogP) is 4.02. The average Bonchev–Trinajstić information content (AvgIpc) is 2.46. The molecule has 110 valence electrons. The molecule has 1 N–H and O–H groups in total. The van der Waals surface area contributed by atoms with E-state index < -0.39 is 0 Å². The van der Waals surface area contributed by atoms with Crippen LogP contribution in [0, 0.1) is 0 Å². The minimum absolute atomic E-state index is 0.0154. The SMILES string of the molecule is CCc1c(OCc2ccccc2S)ccc(C(C)=O)c1O. The predicted molar refractivity (Wildman–Crippen MR) is 85.5 cm³/mol. The second-order valence-electron chi connectivity index (χ2n) is 4.77. The molecule has 2 aromatic carbocycles. The molecule has 0 saturated carbocycles. The number of ether oxygens (including phenoxy) is 1. The van der Waals surface area contributed by atoms with Crippen LogP contribution in [-0.4, -0.2) is 10.9 Å². The van der Waals surface area contributed by atoms with Crippen LogP contribution in [0.15, 0.2) is 41.3 Å². The zero-order valence-electron chi connectivity index (χ0n) is 12.1. The molecule has 0 aliphatic carbocycles. The Morgan fingerprint density at radius 1 is 1.24 bits per heavy atom. The molecule has 2 rings (SSSR count). The van der Waals surface area contributed by atoms with Gasteiger partial charge in [0.05, 0.1) is 5.56 Å². The van der Waals surface area contributed by atoms with Crippen LogP contribution in [0.25, 0.3) is 0 Å². The number of ketones is 1. The Morgan fingerprint density at radius 3 is 2.57 bits per heavy atom. The third-order valence-electron chi connectivity index (χ3n) is 3.35. The van der Waals surface area contributed by atoms with Gasteiger partial charge in [-0.05, 0) is 31.5 Å². The molecule has 21 heavy (non-hydrogen) atoms. The summed E-state index contributed by atoms with van der Waals surface area (Å²) < 4.78 is 5.79. The first-order valence-corrected chi connectivity index (χ1v) is 7.24. The summed E-state index contributed by atoms with van der Waals surface area (Å²) in [5.74, 6) is 0.452. The zero-order valence-corrected chi connectivity index (χ0v) is 13.0. The maximum Gasteiger partial charge on any atom is 0.163 e. The normalized spacial score (nSPS) is 10.4. The van der Waals surface area contributed by atoms with Crippen molar-refractivity contribution >= 4 is 18.4 Å². The summed E-state index contributed by atoms with van der Waals surface area (Å²) in [6.07, 6.45) is 0.588. The number of thiol groups is 1. The topological polar surface area (TPSA) is 46.5 Å². The van der Waals surface area contributed by atoms with Gasteiger partial charge in [-0.3, -0.25) is 4.79 Å². The van der Waals surface area contributed by atoms with E-state index >= 15 is 0 Å². The quantitative estimate of drug-likeness (QED) is 0.647. The van der Waals surface area contributed by atoms with Crippen molar-refractivity contribution in [3.8, 4) is 11.5 Å². The van der Waals surface area contributed by atoms with Gasteiger partial charge >= 0.3 is 0 Å². The first kappa shape index (κ1) is 15.4. The van der Waals surface area contributed by atoms with Crippen molar-refractivity contribution in [1.29, 1.82) is 0 Å². The van der Waals surface area contributed by atoms with E-state index in [1.807, 2.05) is 31.2 Å². The van der Waals surface area contributed by atoms with Crippen molar-refractivity contribution in [3.05, 3.63) is 53.1 Å². The summed E-state index contributed by atoms with van der Waals surface area (Å²) in [7, 11) is 0. The number of rotatable bonds is 5. The van der Waals surface area contributed by atoms with Crippen LogP contribution >= 0.6 is 12.6 Å². The fourth-order valence-corrected chi connectivity index (χ4v) is 2.39. The molecule has 3 nitrogen and oxygen atoms in total. The van der Waals surface area contributed by atoms with Crippen LogP contribution in [0.4, 0.5) is 0 Å². The van der Waals surface area contributed by atoms with Gasteiger partial charge in [0.15, 0.2) is 5.78 Å². The Labute approximate surface area is 130 Å². The molecule has 0 heterocycles. The second-order valence-corrected chi connectivity index (χ2v) is 5.25. The number of phenols is 1. The van der Waals surface area contributed by atoms with E-state index in [1.54, 1.807) is 12.1 Å². The van der Waals surface area contributed by atoms with E-state index in [4.69, 9.17) is 4.74 Å². The number of carbonyl (C=O) groups excluding carboxylic acids is 1. The highest BCUT2D eigenvalue weighted by Gasteiger charge is 2.15. The number of carbonyl (C=O) groups is 1.